The van der Waals surface area contributed by atoms with Gasteiger partial charge in [0, 0.05) is 19.1 Å². The number of furan rings is 1. The van der Waals surface area contributed by atoms with Gasteiger partial charge in [-0.05, 0) is 46.8 Å². The monoisotopic (exact) mass is 338 g/mol. The number of rotatable bonds is 6. The van der Waals surface area contributed by atoms with Crippen molar-refractivity contribution in [2.24, 2.45) is 4.99 Å². The van der Waals surface area contributed by atoms with Gasteiger partial charge in [0.15, 0.2) is 5.96 Å². The number of aliphatic hydroxyl groups is 1. The molecule has 0 aliphatic heterocycles. The van der Waals surface area contributed by atoms with Crippen LogP contribution in [0.1, 0.15) is 40.4 Å². The van der Waals surface area contributed by atoms with Crippen LogP contribution in [0.3, 0.4) is 0 Å². The second-order valence-electron chi connectivity index (χ2n) is 7.08. The summed E-state index contributed by atoms with van der Waals surface area (Å²) in [6, 6.07) is 3.44. The predicted octanol–water partition coefficient (Wildman–Crippen LogP) is 1.30. The Hall–Kier alpha value is -2.02. The van der Waals surface area contributed by atoms with Crippen molar-refractivity contribution in [3.05, 3.63) is 24.2 Å². The summed E-state index contributed by atoms with van der Waals surface area (Å²) < 4.78 is 5.25. The third-order valence-electron chi connectivity index (χ3n) is 3.18. The summed E-state index contributed by atoms with van der Waals surface area (Å²) in [6.45, 7) is 10.3. The van der Waals surface area contributed by atoms with Crippen LogP contribution in [-0.2, 0) is 10.4 Å². The predicted molar refractivity (Wildman–Crippen MR) is 94.8 cm³/mol. The van der Waals surface area contributed by atoms with Gasteiger partial charge in [-0.15, -0.1) is 0 Å². The molecule has 24 heavy (non-hydrogen) atoms. The summed E-state index contributed by atoms with van der Waals surface area (Å²) in [7, 11) is 1.78. The van der Waals surface area contributed by atoms with Crippen LogP contribution in [-0.4, -0.2) is 54.1 Å². The summed E-state index contributed by atoms with van der Waals surface area (Å²) in [5, 5.41) is 16.5. The normalized spacial score (nSPS) is 14.9. The molecule has 0 aliphatic rings. The van der Waals surface area contributed by atoms with Crippen LogP contribution in [0, 0.1) is 0 Å². The van der Waals surface area contributed by atoms with Crippen LogP contribution < -0.4 is 10.6 Å². The van der Waals surface area contributed by atoms with Gasteiger partial charge >= 0.3 is 0 Å². The van der Waals surface area contributed by atoms with Crippen molar-refractivity contribution in [2.45, 2.75) is 45.8 Å². The first-order valence-electron chi connectivity index (χ1n) is 8.12. The maximum absolute atomic E-state index is 12.1. The first kappa shape index (κ1) is 20.0. The minimum Gasteiger partial charge on any atom is -0.466 e. The van der Waals surface area contributed by atoms with Crippen molar-refractivity contribution in [3.63, 3.8) is 0 Å². The molecule has 0 fully saturated rings. The minimum atomic E-state index is -1.21. The summed E-state index contributed by atoms with van der Waals surface area (Å²) in [4.78, 5) is 18.2. The van der Waals surface area contributed by atoms with E-state index in [0.29, 0.717) is 18.3 Å². The third kappa shape index (κ3) is 6.62. The third-order valence-corrected chi connectivity index (χ3v) is 3.18. The first-order chi connectivity index (χ1) is 11.0. The Morgan fingerprint density at radius 2 is 2.04 bits per heavy atom. The van der Waals surface area contributed by atoms with E-state index < -0.39 is 5.60 Å². The first-order valence-corrected chi connectivity index (χ1v) is 8.12. The van der Waals surface area contributed by atoms with E-state index in [-0.39, 0.29) is 24.5 Å². The highest BCUT2D eigenvalue weighted by atomic mass is 16.4. The van der Waals surface area contributed by atoms with Crippen LogP contribution in [0.15, 0.2) is 27.8 Å². The molecule has 3 N–H and O–H groups in total. The molecule has 1 aromatic rings. The van der Waals surface area contributed by atoms with E-state index >= 15 is 0 Å². The number of hydrogen-bond donors (Lipinski definition) is 3. The molecule has 136 valence electrons. The van der Waals surface area contributed by atoms with E-state index in [1.165, 1.54) is 6.26 Å². The second-order valence-corrected chi connectivity index (χ2v) is 7.08. The van der Waals surface area contributed by atoms with Crippen molar-refractivity contribution in [1.29, 1.82) is 0 Å². The molecule has 0 bridgehead atoms. The molecule has 0 spiro atoms. The lowest BCUT2D eigenvalue weighted by Gasteiger charge is -2.26. The standard InChI is InChI=1S/C17H30N4O3/c1-7-18-15(21(6)11-14(22)20-16(2,3)4)19-12-17(5,23)13-9-8-10-24-13/h8-10,23H,7,11-12H2,1-6H3,(H,18,19)(H,20,22). The molecule has 0 saturated carbocycles. The highest BCUT2D eigenvalue weighted by molar-refractivity contribution is 5.86. The maximum atomic E-state index is 12.1. The molecule has 0 radical (unpaired) electrons. The number of hydrogen-bond acceptors (Lipinski definition) is 4. The number of likely N-dealkylation sites (N-methyl/N-ethyl adjacent to an activating group) is 1. The fourth-order valence-corrected chi connectivity index (χ4v) is 2.11. The van der Waals surface area contributed by atoms with Crippen molar-refractivity contribution < 1.29 is 14.3 Å². The van der Waals surface area contributed by atoms with E-state index in [1.807, 2.05) is 27.7 Å². The molecule has 7 nitrogen and oxygen atoms in total. The summed E-state index contributed by atoms with van der Waals surface area (Å²) in [5.74, 6) is 0.914. The van der Waals surface area contributed by atoms with Crippen molar-refractivity contribution in [2.75, 3.05) is 26.7 Å². The number of nitrogens with zero attached hydrogens (tertiary/aromatic N) is 2. The topological polar surface area (TPSA) is 90.1 Å². The van der Waals surface area contributed by atoms with Crippen LogP contribution in [0.25, 0.3) is 0 Å². The molecular weight excluding hydrogens is 308 g/mol. The van der Waals surface area contributed by atoms with E-state index in [1.54, 1.807) is 31.0 Å². The number of amides is 1. The highest BCUT2D eigenvalue weighted by Gasteiger charge is 2.26. The molecule has 0 aromatic carbocycles. The van der Waals surface area contributed by atoms with Crippen molar-refractivity contribution in [3.8, 4) is 0 Å². The number of carbonyl (C=O) groups is 1. The fraction of sp³-hybridized carbons (Fsp3) is 0.647. The summed E-state index contributed by atoms with van der Waals surface area (Å²) >= 11 is 0. The molecule has 1 aromatic heterocycles. The lowest BCUT2D eigenvalue weighted by atomic mass is 10.0. The molecule has 1 atom stereocenters. The zero-order valence-corrected chi connectivity index (χ0v) is 15.5. The molecule has 1 amide bonds. The summed E-state index contributed by atoms with van der Waals surface area (Å²) in [6.07, 6.45) is 1.52. The van der Waals surface area contributed by atoms with E-state index in [0.717, 1.165) is 0 Å². The maximum Gasteiger partial charge on any atom is 0.240 e. The Kier molecular flexibility index (Phi) is 6.83. The van der Waals surface area contributed by atoms with Gasteiger partial charge in [0.05, 0.1) is 19.4 Å². The Balaban J connectivity index is 2.76. The smallest absolute Gasteiger partial charge is 0.240 e. The van der Waals surface area contributed by atoms with Crippen molar-refractivity contribution >= 4 is 11.9 Å². The Labute approximate surface area is 144 Å². The Morgan fingerprint density at radius 3 is 2.54 bits per heavy atom. The van der Waals surface area contributed by atoms with Gasteiger partial charge in [-0.3, -0.25) is 4.79 Å². The molecule has 0 saturated heterocycles. The van der Waals surface area contributed by atoms with Gasteiger partial charge in [-0.25, -0.2) is 4.99 Å². The zero-order chi connectivity index (χ0) is 18.4. The fourth-order valence-electron chi connectivity index (χ4n) is 2.11. The number of carbonyl (C=O) groups excluding carboxylic acids is 1. The van der Waals surface area contributed by atoms with Gasteiger partial charge in [0.2, 0.25) is 5.91 Å². The summed E-state index contributed by atoms with van der Waals surface area (Å²) in [5.41, 5.74) is -1.49. The van der Waals surface area contributed by atoms with E-state index in [9.17, 15) is 9.90 Å². The van der Waals surface area contributed by atoms with Gasteiger partial charge in [-0.1, -0.05) is 0 Å². The number of aliphatic imine (C=N–C) groups is 1. The average Bonchev–Trinajstić information content (AvgIpc) is 2.95. The minimum absolute atomic E-state index is 0.0894. The van der Waals surface area contributed by atoms with Crippen molar-refractivity contribution in [1.82, 2.24) is 15.5 Å². The Morgan fingerprint density at radius 1 is 1.38 bits per heavy atom. The Bertz CT molecular complexity index is 545. The van der Waals surface area contributed by atoms with E-state index in [2.05, 4.69) is 15.6 Å². The van der Waals surface area contributed by atoms with Crippen LogP contribution in [0.4, 0.5) is 0 Å². The van der Waals surface area contributed by atoms with E-state index in [4.69, 9.17) is 4.42 Å². The lowest BCUT2D eigenvalue weighted by molar-refractivity contribution is -0.122. The quantitative estimate of drug-likeness (QED) is 0.537. The van der Waals surface area contributed by atoms with Crippen LogP contribution in [0.2, 0.25) is 0 Å². The lowest BCUT2D eigenvalue weighted by Crippen LogP contribution is -2.49. The zero-order valence-electron chi connectivity index (χ0n) is 15.5. The molecule has 0 aliphatic carbocycles. The number of guanidine groups is 1. The molecule has 7 heteroatoms. The highest BCUT2D eigenvalue weighted by Crippen LogP contribution is 2.21. The van der Waals surface area contributed by atoms with Crippen LogP contribution >= 0.6 is 0 Å². The molecular formula is C17H30N4O3. The molecule has 1 rings (SSSR count). The van der Waals surface area contributed by atoms with Gasteiger partial charge in [0.1, 0.15) is 11.4 Å². The van der Waals surface area contributed by atoms with Gasteiger partial charge in [0.25, 0.3) is 0 Å². The average molecular weight is 338 g/mol. The second kappa shape index (κ2) is 8.19. The molecule has 1 heterocycles. The van der Waals surface area contributed by atoms with Crippen LogP contribution in [0.5, 0.6) is 0 Å². The van der Waals surface area contributed by atoms with Gasteiger partial charge < -0.3 is 25.1 Å². The number of nitrogens with one attached hydrogen (secondary N) is 2. The van der Waals surface area contributed by atoms with Gasteiger partial charge in [-0.2, -0.15) is 0 Å². The SMILES string of the molecule is CCNC(=NCC(C)(O)c1ccco1)N(C)CC(=O)NC(C)(C)C. The largest absolute Gasteiger partial charge is 0.466 e. The molecule has 1 unspecified atom stereocenters.